The van der Waals surface area contributed by atoms with E-state index >= 15 is 0 Å². The van der Waals surface area contributed by atoms with Crippen molar-refractivity contribution in [2.24, 2.45) is 0 Å². The summed E-state index contributed by atoms with van der Waals surface area (Å²) in [6.07, 6.45) is 6.64. The molecule has 0 aliphatic heterocycles. The predicted octanol–water partition coefficient (Wildman–Crippen LogP) is 4.00. The molecule has 0 atom stereocenters. The van der Waals surface area contributed by atoms with Gasteiger partial charge < -0.3 is 5.32 Å². The average molecular weight is 428 g/mol. The highest BCUT2D eigenvalue weighted by atomic mass is 32.1. The van der Waals surface area contributed by atoms with Crippen LogP contribution in [0.5, 0.6) is 0 Å². The number of nitrogens with one attached hydrogen (secondary N) is 2. The van der Waals surface area contributed by atoms with Crippen molar-refractivity contribution < 1.29 is 4.79 Å². The fraction of sp³-hybridized carbons (Fsp3) is 0.429. The van der Waals surface area contributed by atoms with Crippen molar-refractivity contribution >= 4 is 29.5 Å². The van der Waals surface area contributed by atoms with Crippen LogP contribution in [0.2, 0.25) is 0 Å². The third-order valence-corrected chi connectivity index (χ3v) is 6.64. The minimum absolute atomic E-state index is 0.0603. The first-order chi connectivity index (χ1) is 14.1. The van der Waals surface area contributed by atoms with Gasteiger partial charge in [-0.2, -0.15) is 5.10 Å². The summed E-state index contributed by atoms with van der Waals surface area (Å²) in [5.41, 5.74) is 3.38. The lowest BCUT2D eigenvalue weighted by molar-refractivity contribution is -0.121. The van der Waals surface area contributed by atoms with Crippen LogP contribution >= 0.6 is 23.6 Å². The number of aryl methyl sites for hydroxylation is 4. The van der Waals surface area contributed by atoms with Gasteiger partial charge in [0.1, 0.15) is 6.54 Å². The normalized spacial score (nSPS) is 13.3. The minimum atomic E-state index is -0.0603. The van der Waals surface area contributed by atoms with Crippen LogP contribution in [0, 0.1) is 11.7 Å². The molecule has 6 nitrogen and oxygen atoms in total. The smallest absolute Gasteiger partial charge is 0.240 e. The van der Waals surface area contributed by atoms with Crippen LogP contribution in [0.3, 0.4) is 0 Å². The van der Waals surface area contributed by atoms with Gasteiger partial charge in [-0.25, -0.2) is 4.98 Å². The van der Waals surface area contributed by atoms with Gasteiger partial charge in [0.05, 0.1) is 10.7 Å². The molecule has 0 spiro atoms. The largest absolute Gasteiger partial charge is 0.355 e. The highest BCUT2D eigenvalue weighted by molar-refractivity contribution is 7.71. The molecular formula is C21H25N5OS2. The summed E-state index contributed by atoms with van der Waals surface area (Å²) in [7, 11) is 0. The SMILES string of the molecule is Cc1cccc(-c2n[nH]c(=S)n2CC(=O)NCCCc2nc3c(s2)CCCC3)c1. The zero-order valence-electron chi connectivity index (χ0n) is 16.5. The van der Waals surface area contributed by atoms with Crippen LogP contribution in [0.4, 0.5) is 0 Å². The van der Waals surface area contributed by atoms with Crippen molar-refractivity contribution in [2.45, 2.75) is 52.0 Å². The summed E-state index contributed by atoms with van der Waals surface area (Å²) in [5, 5.41) is 11.3. The van der Waals surface area contributed by atoms with Crippen molar-refractivity contribution in [3.63, 3.8) is 0 Å². The number of rotatable bonds is 7. The average Bonchev–Trinajstić information content (AvgIpc) is 3.29. The Balaban J connectivity index is 1.31. The summed E-state index contributed by atoms with van der Waals surface area (Å²) >= 11 is 7.17. The van der Waals surface area contributed by atoms with Crippen molar-refractivity contribution in [2.75, 3.05) is 6.54 Å². The Hall–Kier alpha value is -2.32. The standard InChI is InChI=1S/C21H25N5OS2/c1-14-6-4-7-15(12-14)20-24-25-21(28)26(20)13-18(27)22-11-5-10-19-23-16-8-2-3-9-17(16)29-19/h4,6-7,12H,2-3,5,8-11,13H2,1H3,(H,22,27)(H,25,28). The zero-order chi connectivity index (χ0) is 20.2. The molecule has 3 aromatic rings. The molecule has 0 saturated heterocycles. The fourth-order valence-electron chi connectivity index (χ4n) is 3.65. The van der Waals surface area contributed by atoms with Gasteiger partial charge in [0, 0.05) is 23.4 Å². The first-order valence-corrected chi connectivity index (χ1v) is 11.3. The number of thiazole rings is 1. The Morgan fingerprint density at radius 1 is 1.34 bits per heavy atom. The van der Waals surface area contributed by atoms with Gasteiger partial charge in [-0.3, -0.25) is 14.5 Å². The van der Waals surface area contributed by atoms with Gasteiger partial charge in [-0.1, -0.05) is 23.8 Å². The van der Waals surface area contributed by atoms with Crippen molar-refractivity contribution in [3.8, 4) is 11.4 Å². The van der Waals surface area contributed by atoms with E-state index in [1.54, 1.807) is 4.57 Å². The maximum atomic E-state index is 12.5. The molecule has 1 amide bonds. The van der Waals surface area contributed by atoms with E-state index in [-0.39, 0.29) is 12.5 Å². The number of amides is 1. The molecule has 0 fully saturated rings. The van der Waals surface area contributed by atoms with E-state index in [2.05, 4.69) is 15.5 Å². The number of carbonyl (C=O) groups excluding carboxylic acids is 1. The number of hydrogen-bond donors (Lipinski definition) is 2. The first kappa shape index (κ1) is 20.0. The summed E-state index contributed by atoms with van der Waals surface area (Å²) in [4.78, 5) is 18.7. The van der Waals surface area contributed by atoms with Crippen LogP contribution in [-0.4, -0.2) is 32.2 Å². The maximum absolute atomic E-state index is 12.5. The van der Waals surface area contributed by atoms with E-state index in [9.17, 15) is 4.79 Å². The van der Waals surface area contributed by atoms with E-state index in [4.69, 9.17) is 17.2 Å². The lowest BCUT2D eigenvalue weighted by atomic mass is 10.0. The number of nitrogens with zero attached hydrogens (tertiary/aromatic N) is 3. The van der Waals surface area contributed by atoms with Crippen LogP contribution in [0.25, 0.3) is 11.4 Å². The number of benzene rings is 1. The number of aromatic amines is 1. The molecule has 1 aliphatic carbocycles. The van der Waals surface area contributed by atoms with E-state index in [0.29, 0.717) is 17.1 Å². The molecule has 1 aromatic carbocycles. The molecule has 0 saturated carbocycles. The van der Waals surface area contributed by atoms with Crippen molar-refractivity contribution in [1.82, 2.24) is 25.1 Å². The van der Waals surface area contributed by atoms with E-state index in [0.717, 1.165) is 30.4 Å². The number of hydrogen-bond acceptors (Lipinski definition) is 5. The Kier molecular flexibility index (Phi) is 6.20. The Morgan fingerprint density at radius 3 is 3.03 bits per heavy atom. The first-order valence-electron chi connectivity index (χ1n) is 10.1. The molecule has 0 radical (unpaired) electrons. The second-order valence-electron chi connectivity index (χ2n) is 7.45. The molecule has 1 aliphatic rings. The molecule has 29 heavy (non-hydrogen) atoms. The molecule has 0 bridgehead atoms. The second-order valence-corrected chi connectivity index (χ2v) is 9.00. The molecule has 2 aromatic heterocycles. The molecular weight excluding hydrogens is 402 g/mol. The summed E-state index contributed by atoms with van der Waals surface area (Å²) < 4.78 is 2.19. The number of H-pyrrole nitrogens is 1. The van der Waals surface area contributed by atoms with E-state index in [1.165, 1.54) is 34.8 Å². The Morgan fingerprint density at radius 2 is 2.21 bits per heavy atom. The van der Waals surface area contributed by atoms with Gasteiger partial charge in [-0.05, 0) is 57.3 Å². The van der Waals surface area contributed by atoms with Crippen LogP contribution < -0.4 is 5.32 Å². The fourth-order valence-corrected chi connectivity index (χ4v) is 5.04. The maximum Gasteiger partial charge on any atom is 0.240 e. The lowest BCUT2D eigenvalue weighted by Crippen LogP contribution is -2.29. The molecule has 2 heterocycles. The summed E-state index contributed by atoms with van der Waals surface area (Å²) in [6.45, 7) is 2.82. The van der Waals surface area contributed by atoms with Gasteiger partial charge in [0.25, 0.3) is 0 Å². The number of aromatic nitrogens is 4. The Bertz CT molecular complexity index is 1040. The highest BCUT2D eigenvalue weighted by Gasteiger charge is 2.15. The van der Waals surface area contributed by atoms with Crippen LogP contribution in [0.1, 0.15) is 40.4 Å². The molecule has 2 N–H and O–H groups in total. The summed E-state index contributed by atoms with van der Waals surface area (Å²) in [5.74, 6) is 0.622. The third kappa shape index (κ3) is 4.82. The molecule has 8 heteroatoms. The van der Waals surface area contributed by atoms with Crippen molar-refractivity contribution in [3.05, 3.63) is 50.2 Å². The van der Waals surface area contributed by atoms with Crippen LogP contribution in [-0.2, 0) is 30.6 Å². The second kappa shape index (κ2) is 9.00. The topological polar surface area (TPSA) is 75.6 Å². The van der Waals surface area contributed by atoms with Gasteiger partial charge in [0.15, 0.2) is 10.6 Å². The number of fused-ring (bicyclic) bond motifs is 1. The number of carbonyl (C=O) groups is 1. The third-order valence-electron chi connectivity index (χ3n) is 5.12. The lowest BCUT2D eigenvalue weighted by Gasteiger charge is -2.08. The highest BCUT2D eigenvalue weighted by Crippen LogP contribution is 2.27. The quantitative estimate of drug-likeness (QED) is 0.441. The van der Waals surface area contributed by atoms with Crippen molar-refractivity contribution in [1.29, 1.82) is 0 Å². The van der Waals surface area contributed by atoms with Gasteiger partial charge in [-0.15, -0.1) is 11.3 Å². The zero-order valence-corrected chi connectivity index (χ0v) is 18.2. The summed E-state index contributed by atoms with van der Waals surface area (Å²) in [6, 6.07) is 8.01. The predicted molar refractivity (Wildman–Crippen MR) is 118 cm³/mol. The van der Waals surface area contributed by atoms with Gasteiger partial charge in [0.2, 0.25) is 5.91 Å². The van der Waals surface area contributed by atoms with E-state index < -0.39 is 0 Å². The van der Waals surface area contributed by atoms with E-state index in [1.807, 2.05) is 42.5 Å². The minimum Gasteiger partial charge on any atom is -0.355 e. The van der Waals surface area contributed by atoms with Crippen LogP contribution in [0.15, 0.2) is 24.3 Å². The molecule has 4 rings (SSSR count). The monoisotopic (exact) mass is 427 g/mol. The molecule has 152 valence electrons. The Labute approximate surface area is 179 Å². The van der Waals surface area contributed by atoms with Gasteiger partial charge >= 0.3 is 0 Å². The molecule has 0 unspecified atom stereocenters.